The number of rotatable bonds is 5. The van der Waals surface area contributed by atoms with Crippen molar-refractivity contribution in [3.05, 3.63) is 97.7 Å². The monoisotopic (exact) mass is 486 g/mol. The Morgan fingerprint density at radius 3 is 2.80 bits per heavy atom. The van der Waals surface area contributed by atoms with Gasteiger partial charge in [0.15, 0.2) is 5.58 Å². The van der Waals surface area contributed by atoms with Crippen molar-refractivity contribution in [3.8, 4) is 6.07 Å². The molecule has 174 valence electrons. The van der Waals surface area contributed by atoms with Crippen LogP contribution in [-0.2, 0) is 17.7 Å². The van der Waals surface area contributed by atoms with Crippen molar-refractivity contribution in [2.75, 3.05) is 13.2 Å². The van der Waals surface area contributed by atoms with Crippen LogP contribution in [0.1, 0.15) is 50.3 Å². The number of oxazole rings is 1. The van der Waals surface area contributed by atoms with Gasteiger partial charge < -0.3 is 14.1 Å². The zero-order chi connectivity index (χ0) is 24.1. The summed E-state index contributed by atoms with van der Waals surface area (Å²) in [5.41, 5.74) is 5.36. The van der Waals surface area contributed by atoms with Crippen LogP contribution in [0.25, 0.3) is 11.1 Å². The highest BCUT2D eigenvalue weighted by Crippen LogP contribution is 2.40. The minimum Gasteiger partial charge on any atom is -0.408 e. The Morgan fingerprint density at radius 2 is 2.03 bits per heavy atom. The fraction of sp³-hybridized carbons (Fsp3) is 0.231. The third kappa shape index (κ3) is 3.70. The molecule has 2 aliphatic rings. The van der Waals surface area contributed by atoms with Crippen LogP contribution in [0.3, 0.4) is 0 Å². The maximum Gasteiger partial charge on any atom is 0.417 e. The Kier molecular flexibility index (Phi) is 5.17. The molecule has 9 heteroatoms. The summed E-state index contributed by atoms with van der Waals surface area (Å²) in [6.07, 6.45) is 1.85. The Morgan fingerprint density at radius 1 is 1.17 bits per heavy atom. The first-order chi connectivity index (χ1) is 17.0. The molecule has 0 aliphatic carbocycles. The van der Waals surface area contributed by atoms with Gasteiger partial charge in [0.1, 0.15) is 11.8 Å². The topological polar surface area (TPSA) is 112 Å². The predicted octanol–water partition coefficient (Wildman–Crippen LogP) is 4.09. The zero-order valence-electron chi connectivity index (χ0n) is 18.5. The number of hydrogen-bond acceptors (Lipinski definition) is 6. The molecule has 1 amide bonds. The second kappa shape index (κ2) is 8.38. The van der Waals surface area contributed by atoms with Crippen LogP contribution in [0.5, 0.6) is 0 Å². The molecule has 1 N–H and O–H groups in total. The summed E-state index contributed by atoms with van der Waals surface area (Å²) in [5.74, 6) is -0.321. The van der Waals surface area contributed by atoms with Crippen molar-refractivity contribution < 1.29 is 13.9 Å². The van der Waals surface area contributed by atoms with E-state index in [-0.39, 0.29) is 17.6 Å². The average molecular weight is 487 g/mol. The van der Waals surface area contributed by atoms with E-state index in [1.807, 2.05) is 18.2 Å². The van der Waals surface area contributed by atoms with Gasteiger partial charge in [0, 0.05) is 41.2 Å². The van der Waals surface area contributed by atoms with E-state index < -0.39 is 5.76 Å². The first-order valence-electron chi connectivity index (χ1n) is 11.2. The number of benzene rings is 2. The summed E-state index contributed by atoms with van der Waals surface area (Å²) in [5, 5.41) is 10.1. The summed E-state index contributed by atoms with van der Waals surface area (Å²) in [4.78, 5) is 33.7. The molecule has 0 bridgehead atoms. The lowest BCUT2D eigenvalue weighted by atomic mass is 9.90. The summed E-state index contributed by atoms with van der Waals surface area (Å²) in [6, 6.07) is 14.8. The number of halogens is 1. The third-order valence-electron chi connectivity index (χ3n) is 6.75. The molecule has 4 heterocycles. The van der Waals surface area contributed by atoms with E-state index in [9.17, 15) is 14.9 Å². The van der Waals surface area contributed by atoms with Gasteiger partial charge >= 0.3 is 5.76 Å². The first kappa shape index (κ1) is 21.6. The quantitative estimate of drug-likeness (QED) is 0.454. The Bertz CT molecular complexity index is 1580. The van der Waals surface area contributed by atoms with Crippen LogP contribution in [0, 0.1) is 11.3 Å². The molecule has 2 aliphatic heterocycles. The number of H-pyrrole nitrogens is 1. The Balaban J connectivity index is 1.42. The maximum atomic E-state index is 13.6. The summed E-state index contributed by atoms with van der Waals surface area (Å²) in [7, 11) is 0. The number of amides is 1. The predicted molar refractivity (Wildman–Crippen MR) is 127 cm³/mol. The lowest BCUT2D eigenvalue weighted by Crippen LogP contribution is -2.29. The highest BCUT2D eigenvalue weighted by Gasteiger charge is 2.38. The first-order valence-corrected chi connectivity index (χ1v) is 11.6. The van der Waals surface area contributed by atoms with Crippen molar-refractivity contribution in [3.63, 3.8) is 0 Å². The molecule has 6 rings (SSSR count). The van der Waals surface area contributed by atoms with Gasteiger partial charge in [-0.15, -0.1) is 0 Å². The van der Waals surface area contributed by atoms with Crippen LogP contribution in [0.2, 0.25) is 5.02 Å². The van der Waals surface area contributed by atoms with E-state index in [1.165, 1.54) is 6.20 Å². The van der Waals surface area contributed by atoms with Gasteiger partial charge in [-0.2, -0.15) is 5.26 Å². The van der Waals surface area contributed by atoms with Gasteiger partial charge in [0.2, 0.25) is 0 Å². The van der Waals surface area contributed by atoms with Gasteiger partial charge in [0.25, 0.3) is 5.91 Å². The van der Waals surface area contributed by atoms with E-state index in [0.29, 0.717) is 59.3 Å². The molecule has 1 fully saturated rings. The van der Waals surface area contributed by atoms with Crippen LogP contribution in [0.4, 0.5) is 0 Å². The number of carbonyl (C=O) groups is 1. The number of aromatic nitrogens is 2. The maximum absolute atomic E-state index is 13.6. The number of hydrogen-bond donors (Lipinski definition) is 1. The summed E-state index contributed by atoms with van der Waals surface area (Å²) >= 11 is 6.48. The van der Waals surface area contributed by atoms with E-state index in [2.05, 4.69) is 22.1 Å². The molecule has 1 atom stereocenters. The van der Waals surface area contributed by atoms with Crippen LogP contribution in [0.15, 0.2) is 57.9 Å². The number of nitrogens with one attached hydrogen (secondary N) is 1. The van der Waals surface area contributed by atoms with Crippen molar-refractivity contribution in [1.29, 1.82) is 5.26 Å². The fourth-order valence-corrected chi connectivity index (χ4v) is 5.06. The van der Waals surface area contributed by atoms with Gasteiger partial charge in [-0.05, 0) is 41.0 Å². The number of aromatic amines is 1. The molecule has 0 radical (unpaired) electrons. The molecule has 8 nitrogen and oxygen atoms in total. The summed E-state index contributed by atoms with van der Waals surface area (Å²) in [6.45, 7) is 1.62. The largest absolute Gasteiger partial charge is 0.417 e. The second-order valence-corrected chi connectivity index (χ2v) is 9.22. The van der Waals surface area contributed by atoms with E-state index in [4.69, 9.17) is 20.8 Å². The number of nitriles is 1. The van der Waals surface area contributed by atoms with Crippen molar-refractivity contribution >= 4 is 28.6 Å². The molecule has 2 aromatic heterocycles. The van der Waals surface area contributed by atoms with Gasteiger partial charge in [0.05, 0.1) is 24.8 Å². The second-order valence-electron chi connectivity index (χ2n) is 8.81. The fourth-order valence-electron chi connectivity index (χ4n) is 4.84. The molecule has 35 heavy (non-hydrogen) atoms. The number of ether oxygens (including phenoxy) is 1. The average Bonchev–Trinajstić information content (AvgIpc) is 3.30. The lowest BCUT2D eigenvalue weighted by molar-refractivity contribution is 0.00837. The highest BCUT2D eigenvalue weighted by molar-refractivity contribution is 6.31. The molecular weight excluding hydrogens is 468 g/mol. The van der Waals surface area contributed by atoms with E-state index in [1.54, 1.807) is 23.1 Å². The van der Waals surface area contributed by atoms with Crippen LogP contribution < -0.4 is 5.76 Å². The molecule has 1 unspecified atom stereocenters. The SMILES string of the molecule is N#Cc1nccc(Cl)c1CC1c2cc(C3COC3)ccc2C(=O)N1Cc1ccc2[nH]c(=O)oc2c1. The van der Waals surface area contributed by atoms with Gasteiger partial charge in [-0.1, -0.05) is 29.8 Å². The number of nitrogens with zero attached hydrogens (tertiary/aromatic N) is 3. The third-order valence-corrected chi connectivity index (χ3v) is 7.11. The number of carbonyl (C=O) groups excluding carboxylic acids is 1. The van der Waals surface area contributed by atoms with Crippen molar-refractivity contribution in [2.45, 2.75) is 24.9 Å². The Hall–Kier alpha value is -3.93. The highest BCUT2D eigenvalue weighted by atomic mass is 35.5. The number of pyridine rings is 1. The molecule has 1 saturated heterocycles. The molecular formula is C26H19ClN4O4. The normalized spacial score (nSPS) is 17.4. The number of fused-ring (bicyclic) bond motifs is 2. The molecule has 0 saturated carbocycles. The minimum atomic E-state index is -0.526. The van der Waals surface area contributed by atoms with Crippen molar-refractivity contribution in [2.24, 2.45) is 0 Å². The Labute approximate surface area is 204 Å². The molecule has 0 spiro atoms. The van der Waals surface area contributed by atoms with Crippen molar-refractivity contribution in [1.82, 2.24) is 14.9 Å². The molecule has 4 aromatic rings. The lowest BCUT2D eigenvalue weighted by Gasteiger charge is -2.28. The standard InChI is InChI=1S/C26H19ClN4O4/c27-20-5-6-29-22(10-28)19(20)9-23-18-8-15(16-12-34-13-16)2-3-17(18)25(32)31(23)11-14-1-4-21-24(7-14)35-26(33)30-21/h1-8,16,23H,9,11-13H2,(H,30,33). The van der Waals surface area contributed by atoms with Crippen LogP contribution >= 0.6 is 11.6 Å². The minimum absolute atomic E-state index is 0.101. The zero-order valence-corrected chi connectivity index (χ0v) is 19.2. The van der Waals surface area contributed by atoms with E-state index >= 15 is 0 Å². The van der Waals surface area contributed by atoms with Gasteiger partial charge in [-0.25, -0.2) is 9.78 Å². The van der Waals surface area contributed by atoms with Crippen LogP contribution in [-0.4, -0.2) is 34.0 Å². The smallest absolute Gasteiger partial charge is 0.408 e. The molecule has 2 aromatic carbocycles. The van der Waals surface area contributed by atoms with Gasteiger partial charge in [-0.3, -0.25) is 9.78 Å². The van der Waals surface area contributed by atoms with E-state index in [0.717, 1.165) is 16.7 Å². The summed E-state index contributed by atoms with van der Waals surface area (Å²) < 4.78 is 10.6.